The van der Waals surface area contributed by atoms with Gasteiger partial charge in [0.25, 0.3) is 0 Å². The van der Waals surface area contributed by atoms with Gasteiger partial charge in [-0.3, -0.25) is 9.78 Å². The molecule has 0 radical (unpaired) electrons. The number of piperidine rings is 1. The molecule has 30 heavy (non-hydrogen) atoms. The van der Waals surface area contributed by atoms with E-state index < -0.39 is 30.1 Å². The summed E-state index contributed by atoms with van der Waals surface area (Å²) in [5, 5.41) is 22.4. The summed E-state index contributed by atoms with van der Waals surface area (Å²) in [4.78, 5) is 18.0. The number of pyridine rings is 1. The molecule has 1 fully saturated rings. The molecule has 0 aliphatic carbocycles. The van der Waals surface area contributed by atoms with Crippen LogP contribution >= 0.6 is 0 Å². The average molecular weight is 420 g/mol. The monoisotopic (exact) mass is 420 g/mol. The first kappa shape index (κ1) is 21.8. The zero-order valence-electron chi connectivity index (χ0n) is 16.6. The lowest BCUT2D eigenvalue weighted by Crippen LogP contribution is -2.55. The number of fused-ring (bicyclic) bond motifs is 1. The highest BCUT2D eigenvalue weighted by atomic mass is 19.4. The highest BCUT2D eigenvalue weighted by molar-refractivity contribution is 5.95. The molecular formula is C21H23F3N4O2. The van der Waals surface area contributed by atoms with Gasteiger partial charge < -0.3 is 15.3 Å². The van der Waals surface area contributed by atoms with Crippen LogP contribution in [0.3, 0.4) is 0 Å². The number of nitriles is 1. The molecule has 1 saturated heterocycles. The van der Waals surface area contributed by atoms with Gasteiger partial charge in [0.2, 0.25) is 5.91 Å². The number of rotatable bonds is 4. The number of aliphatic hydroxyl groups is 1. The second-order valence-electron chi connectivity index (χ2n) is 7.92. The number of carbonyl (C=O) groups excluding carboxylic acids is 1. The van der Waals surface area contributed by atoms with E-state index in [0.29, 0.717) is 22.2 Å². The summed E-state index contributed by atoms with van der Waals surface area (Å²) in [6.07, 6.45) is -4.45. The van der Waals surface area contributed by atoms with Gasteiger partial charge in [-0.25, -0.2) is 0 Å². The Morgan fingerprint density at radius 1 is 1.33 bits per heavy atom. The van der Waals surface area contributed by atoms with Crippen molar-refractivity contribution < 1.29 is 23.1 Å². The van der Waals surface area contributed by atoms with Gasteiger partial charge in [-0.05, 0) is 36.6 Å². The van der Waals surface area contributed by atoms with Crippen LogP contribution in [0.1, 0.15) is 25.8 Å². The number of hydrogen-bond donors (Lipinski definition) is 2. The van der Waals surface area contributed by atoms with Crippen LogP contribution in [0.25, 0.3) is 10.9 Å². The molecule has 0 bridgehead atoms. The van der Waals surface area contributed by atoms with E-state index in [-0.39, 0.29) is 25.4 Å². The Labute approximate surface area is 172 Å². The van der Waals surface area contributed by atoms with Crippen molar-refractivity contribution in [2.24, 2.45) is 11.8 Å². The first-order valence-electron chi connectivity index (χ1n) is 9.69. The number of amides is 1. The Bertz CT molecular complexity index is 971. The first-order chi connectivity index (χ1) is 14.1. The zero-order valence-corrected chi connectivity index (χ0v) is 16.6. The van der Waals surface area contributed by atoms with E-state index in [0.717, 1.165) is 0 Å². The van der Waals surface area contributed by atoms with E-state index in [1.807, 2.05) is 6.07 Å². The number of nitrogens with zero attached hydrogens (tertiary/aromatic N) is 3. The molecule has 0 spiro atoms. The third kappa shape index (κ3) is 4.49. The molecule has 2 N–H and O–H groups in total. The van der Waals surface area contributed by atoms with Crippen LogP contribution in [0.5, 0.6) is 0 Å². The number of halogens is 3. The molecule has 6 nitrogen and oxygen atoms in total. The number of alkyl halides is 3. The number of hydrogen-bond acceptors (Lipinski definition) is 5. The number of carbonyl (C=O) groups is 1. The maximum Gasteiger partial charge on any atom is 0.393 e. The molecule has 1 aromatic heterocycles. The van der Waals surface area contributed by atoms with Crippen LogP contribution in [0.4, 0.5) is 18.9 Å². The van der Waals surface area contributed by atoms with E-state index in [1.54, 1.807) is 36.9 Å². The van der Waals surface area contributed by atoms with Gasteiger partial charge in [-0.2, -0.15) is 18.4 Å². The van der Waals surface area contributed by atoms with Gasteiger partial charge in [0.05, 0.1) is 17.0 Å². The molecule has 9 heteroatoms. The molecule has 3 rings (SSSR count). The summed E-state index contributed by atoms with van der Waals surface area (Å²) in [6.45, 7) is 3.20. The largest absolute Gasteiger partial charge is 0.393 e. The van der Waals surface area contributed by atoms with Crippen molar-refractivity contribution in [2.75, 3.05) is 18.0 Å². The third-order valence-electron chi connectivity index (χ3n) is 5.37. The van der Waals surface area contributed by atoms with E-state index in [1.165, 1.54) is 12.3 Å². The molecular weight excluding hydrogens is 397 g/mol. The number of benzene rings is 1. The van der Waals surface area contributed by atoms with Gasteiger partial charge >= 0.3 is 6.18 Å². The van der Waals surface area contributed by atoms with E-state index in [4.69, 9.17) is 0 Å². The van der Waals surface area contributed by atoms with Crippen molar-refractivity contribution in [3.05, 3.63) is 36.0 Å². The lowest BCUT2D eigenvalue weighted by molar-refractivity contribution is -0.178. The fourth-order valence-corrected chi connectivity index (χ4v) is 3.75. The quantitative estimate of drug-likeness (QED) is 0.794. The van der Waals surface area contributed by atoms with Crippen LogP contribution < -0.4 is 10.2 Å². The second kappa shape index (κ2) is 8.48. The highest BCUT2D eigenvalue weighted by Gasteiger charge is 2.45. The van der Waals surface area contributed by atoms with Gasteiger partial charge in [0, 0.05) is 36.4 Å². The molecule has 1 aliphatic rings. The molecule has 2 heterocycles. The number of aliphatic hydroxyl groups excluding tert-OH is 1. The lowest BCUT2D eigenvalue weighted by atomic mass is 9.92. The van der Waals surface area contributed by atoms with Crippen LogP contribution in [0.15, 0.2) is 30.5 Å². The summed E-state index contributed by atoms with van der Waals surface area (Å²) in [7, 11) is 0. The molecule has 0 unspecified atom stereocenters. The first-order valence-corrected chi connectivity index (χ1v) is 9.69. The normalized spacial score (nSPS) is 20.8. The third-order valence-corrected chi connectivity index (χ3v) is 5.37. The lowest BCUT2D eigenvalue weighted by Gasteiger charge is -2.40. The van der Waals surface area contributed by atoms with Crippen molar-refractivity contribution >= 4 is 22.5 Å². The minimum Gasteiger partial charge on any atom is -0.383 e. The van der Waals surface area contributed by atoms with Crippen molar-refractivity contribution in [1.29, 1.82) is 5.26 Å². The van der Waals surface area contributed by atoms with Gasteiger partial charge in [-0.15, -0.1) is 0 Å². The fraction of sp³-hybridized carbons (Fsp3) is 0.476. The highest BCUT2D eigenvalue weighted by Crippen LogP contribution is 2.37. The van der Waals surface area contributed by atoms with Crippen molar-refractivity contribution in [3.63, 3.8) is 0 Å². The zero-order chi connectivity index (χ0) is 22.1. The van der Waals surface area contributed by atoms with Crippen molar-refractivity contribution in [3.8, 4) is 6.07 Å². The van der Waals surface area contributed by atoms with Gasteiger partial charge in [0.1, 0.15) is 12.2 Å². The van der Waals surface area contributed by atoms with E-state index in [9.17, 15) is 28.3 Å². The SMILES string of the molecule is CC(C)[C@H](O)C(=O)N[C@H]1C[C@@H](C(F)(F)F)CN(c2ccc(C#N)c3ncccc23)C1. The van der Waals surface area contributed by atoms with Gasteiger partial charge in [0.15, 0.2) is 0 Å². The molecule has 3 atom stereocenters. The predicted octanol–water partition coefficient (Wildman–Crippen LogP) is 3.00. The van der Waals surface area contributed by atoms with Crippen LogP contribution in [-0.2, 0) is 4.79 Å². The Morgan fingerprint density at radius 3 is 2.70 bits per heavy atom. The van der Waals surface area contributed by atoms with E-state index in [2.05, 4.69) is 10.3 Å². The Kier molecular flexibility index (Phi) is 6.17. The Balaban J connectivity index is 1.95. The minimum atomic E-state index is -4.43. The number of anilines is 1. The molecule has 2 aromatic rings. The standard InChI is InChI=1S/C21H23F3N4O2/c1-12(2)19(29)20(30)27-15-8-14(21(22,23)24)10-28(11-15)17-6-5-13(9-25)18-16(17)4-3-7-26-18/h3-7,12,14-15,19,29H,8,10-11H2,1-2H3,(H,27,30)/t14-,15+,19+/m1/s1. The molecule has 0 saturated carbocycles. The molecule has 1 aliphatic heterocycles. The topological polar surface area (TPSA) is 89.2 Å². The second-order valence-corrected chi connectivity index (χ2v) is 7.92. The molecule has 160 valence electrons. The summed E-state index contributed by atoms with van der Waals surface area (Å²) < 4.78 is 40.8. The Hall–Kier alpha value is -2.86. The Morgan fingerprint density at radius 2 is 2.07 bits per heavy atom. The average Bonchev–Trinajstić information content (AvgIpc) is 2.71. The van der Waals surface area contributed by atoms with Crippen LogP contribution in [-0.4, -0.2) is 47.4 Å². The number of aromatic nitrogens is 1. The maximum atomic E-state index is 13.6. The number of nitrogens with one attached hydrogen (secondary N) is 1. The van der Waals surface area contributed by atoms with Gasteiger partial charge in [-0.1, -0.05) is 13.8 Å². The summed E-state index contributed by atoms with van der Waals surface area (Å²) in [5.41, 5.74) is 1.28. The summed E-state index contributed by atoms with van der Waals surface area (Å²) in [5.74, 6) is -2.67. The van der Waals surface area contributed by atoms with E-state index >= 15 is 0 Å². The van der Waals surface area contributed by atoms with Crippen molar-refractivity contribution in [1.82, 2.24) is 10.3 Å². The fourth-order valence-electron chi connectivity index (χ4n) is 3.75. The van der Waals surface area contributed by atoms with Crippen molar-refractivity contribution in [2.45, 2.75) is 38.6 Å². The van der Waals surface area contributed by atoms with Crippen LogP contribution in [0, 0.1) is 23.2 Å². The summed E-state index contributed by atoms with van der Waals surface area (Å²) >= 11 is 0. The minimum absolute atomic E-state index is 0.152. The maximum absolute atomic E-state index is 13.6. The predicted molar refractivity (Wildman–Crippen MR) is 106 cm³/mol. The molecule has 1 aromatic carbocycles. The molecule has 1 amide bonds. The van der Waals surface area contributed by atoms with Crippen LogP contribution in [0.2, 0.25) is 0 Å². The smallest absolute Gasteiger partial charge is 0.383 e. The summed E-state index contributed by atoms with van der Waals surface area (Å²) in [6, 6.07) is 7.79.